The van der Waals surface area contributed by atoms with E-state index >= 15 is 0 Å². The molecule has 1 rings (SSSR count). The van der Waals surface area contributed by atoms with Crippen LogP contribution < -0.4 is 0 Å². The van der Waals surface area contributed by atoms with Gasteiger partial charge in [-0.3, -0.25) is 0 Å². The average molecular weight is 363 g/mol. The maximum atomic E-state index is 10.1. The number of hydrogen-bond donors (Lipinski definition) is 4. The molecule has 6 heteroatoms. The first-order valence-corrected chi connectivity index (χ1v) is 9.80. The predicted molar refractivity (Wildman–Crippen MR) is 96.1 cm³/mol. The first kappa shape index (κ1) is 22.8. The Hall–Kier alpha value is -0.240. The SMILES string of the molecule is CCCCCC[C@@](C)(CCCC)CO[C@H]1O[C@@H](CO)[C@H](O)[C@@H](O)[C@@H]1O. The molecule has 150 valence electrons. The summed E-state index contributed by atoms with van der Waals surface area (Å²) in [6, 6.07) is 0. The Labute approximate surface area is 152 Å². The fourth-order valence-corrected chi connectivity index (χ4v) is 3.34. The zero-order chi connectivity index (χ0) is 18.9. The monoisotopic (exact) mass is 362 g/mol. The molecule has 1 aliphatic rings. The topological polar surface area (TPSA) is 99.4 Å². The van der Waals surface area contributed by atoms with Crippen LogP contribution in [0.2, 0.25) is 0 Å². The van der Waals surface area contributed by atoms with Crippen molar-refractivity contribution in [1.82, 2.24) is 0 Å². The first-order valence-electron chi connectivity index (χ1n) is 9.80. The van der Waals surface area contributed by atoms with Crippen LogP contribution in [0.5, 0.6) is 0 Å². The summed E-state index contributed by atoms with van der Waals surface area (Å²) in [7, 11) is 0. The van der Waals surface area contributed by atoms with Crippen LogP contribution in [0.25, 0.3) is 0 Å². The minimum Gasteiger partial charge on any atom is -0.394 e. The van der Waals surface area contributed by atoms with E-state index in [0.29, 0.717) is 6.61 Å². The minimum atomic E-state index is -1.39. The molecule has 1 fully saturated rings. The summed E-state index contributed by atoms with van der Waals surface area (Å²) in [5.41, 5.74) is -0.0114. The molecule has 4 N–H and O–H groups in total. The van der Waals surface area contributed by atoms with Crippen LogP contribution in [-0.4, -0.2) is 64.3 Å². The van der Waals surface area contributed by atoms with Crippen molar-refractivity contribution in [2.75, 3.05) is 13.2 Å². The van der Waals surface area contributed by atoms with Crippen molar-refractivity contribution in [3.63, 3.8) is 0 Å². The molecule has 0 unspecified atom stereocenters. The summed E-state index contributed by atoms with van der Waals surface area (Å²) in [5, 5.41) is 39.1. The van der Waals surface area contributed by atoms with Crippen molar-refractivity contribution in [3.8, 4) is 0 Å². The van der Waals surface area contributed by atoms with E-state index in [1.165, 1.54) is 19.3 Å². The summed E-state index contributed by atoms with van der Waals surface area (Å²) >= 11 is 0. The summed E-state index contributed by atoms with van der Waals surface area (Å²) in [5.74, 6) is 0. The lowest BCUT2D eigenvalue weighted by atomic mass is 9.80. The Balaban J connectivity index is 2.60. The van der Waals surface area contributed by atoms with E-state index in [2.05, 4.69) is 20.8 Å². The van der Waals surface area contributed by atoms with Crippen molar-refractivity contribution in [1.29, 1.82) is 0 Å². The minimum absolute atomic E-state index is 0.0114. The fourth-order valence-electron chi connectivity index (χ4n) is 3.34. The zero-order valence-corrected chi connectivity index (χ0v) is 16.1. The number of hydrogen-bond acceptors (Lipinski definition) is 6. The summed E-state index contributed by atoms with van der Waals surface area (Å²) < 4.78 is 11.3. The highest BCUT2D eigenvalue weighted by molar-refractivity contribution is 4.89. The number of rotatable bonds is 12. The lowest BCUT2D eigenvalue weighted by Gasteiger charge is -2.41. The Morgan fingerprint density at radius 2 is 1.52 bits per heavy atom. The van der Waals surface area contributed by atoms with Gasteiger partial charge in [0.05, 0.1) is 13.2 Å². The van der Waals surface area contributed by atoms with E-state index in [1.54, 1.807) is 0 Å². The van der Waals surface area contributed by atoms with Gasteiger partial charge in [-0.1, -0.05) is 59.3 Å². The van der Waals surface area contributed by atoms with Gasteiger partial charge in [0.2, 0.25) is 0 Å². The number of aliphatic hydroxyl groups is 4. The van der Waals surface area contributed by atoms with Crippen LogP contribution in [-0.2, 0) is 9.47 Å². The summed E-state index contributed by atoms with van der Waals surface area (Å²) in [4.78, 5) is 0. The molecule has 0 radical (unpaired) electrons. The Morgan fingerprint density at radius 3 is 2.12 bits per heavy atom. The van der Waals surface area contributed by atoms with Gasteiger partial charge in [-0.05, 0) is 18.3 Å². The molecule has 0 bridgehead atoms. The lowest BCUT2D eigenvalue weighted by Crippen LogP contribution is -2.59. The van der Waals surface area contributed by atoms with Gasteiger partial charge >= 0.3 is 0 Å². The quantitative estimate of drug-likeness (QED) is 0.396. The molecule has 1 saturated heterocycles. The third kappa shape index (κ3) is 7.12. The van der Waals surface area contributed by atoms with E-state index in [4.69, 9.17) is 9.47 Å². The standard InChI is InChI=1S/C19H38O6/c1-4-6-8-9-11-19(3,10-7-5-2)13-24-18-17(23)16(22)15(21)14(12-20)25-18/h14-18,20-23H,4-13H2,1-3H3/t14-,15-,16+,17-,18-,19+/m0/s1. The second-order valence-electron chi connectivity index (χ2n) is 7.73. The van der Waals surface area contributed by atoms with Gasteiger partial charge in [-0.25, -0.2) is 0 Å². The Bertz CT molecular complexity index is 351. The number of ether oxygens (including phenoxy) is 2. The molecule has 1 heterocycles. The van der Waals surface area contributed by atoms with Crippen molar-refractivity contribution in [3.05, 3.63) is 0 Å². The molecule has 6 nitrogen and oxygen atoms in total. The lowest BCUT2D eigenvalue weighted by molar-refractivity contribution is -0.306. The second-order valence-corrected chi connectivity index (χ2v) is 7.73. The van der Waals surface area contributed by atoms with Gasteiger partial charge in [-0.15, -0.1) is 0 Å². The van der Waals surface area contributed by atoms with Crippen molar-refractivity contribution < 1.29 is 29.9 Å². The van der Waals surface area contributed by atoms with Gasteiger partial charge in [0.15, 0.2) is 6.29 Å². The highest BCUT2D eigenvalue weighted by Gasteiger charge is 2.44. The molecule has 1 aliphatic heterocycles. The summed E-state index contributed by atoms with van der Waals surface area (Å²) in [6.45, 7) is 6.53. The van der Waals surface area contributed by atoms with Crippen LogP contribution in [0.1, 0.15) is 72.1 Å². The molecule has 6 atom stereocenters. The maximum Gasteiger partial charge on any atom is 0.186 e. The van der Waals surface area contributed by atoms with Crippen LogP contribution in [0.15, 0.2) is 0 Å². The highest BCUT2D eigenvalue weighted by atomic mass is 16.7. The third-order valence-corrected chi connectivity index (χ3v) is 5.21. The van der Waals surface area contributed by atoms with E-state index in [1.807, 2.05) is 0 Å². The number of unbranched alkanes of at least 4 members (excludes halogenated alkanes) is 4. The Morgan fingerprint density at radius 1 is 0.880 bits per heavy atom. The molecule has 0 spiro atoms. The number of aliphatic hydroxyl groups excluding tert-OH is 4. The molecule has 0 aliphatic carbocycles. The molecule has 0 aromatic carbocycles. The molecule has 0 amide bonds. The van der Waals surface area contributed by atoms with E-state index in [-0.39, 0.29) is 5.41 Å². The normalized spacial score (nSPS) is 32.5. The van der Waals surface area contributed by atoms with Crippen LogP contribution in [0.4, 0.5) is 0 Å². The van der Waals surface area contributed by atoms with Gasteiger partial charge in [0.1, 0.15) is 24.4 Å². The van der Waals surface area contributed by atoms with Crippen LogP contribution in [0.3, 0.4) is 0 Å². The largest absolute Gasteiger partial charge is 0.394 e. The molecule has 0 aromatic heterocycles. The first-order chi connectivity index (χ1) is 11.9. The predicted octanol–water partition coefficient (Wildman–Crippen LogP) is 1.97. The smallest absolute Gasteiger partial charge is 0.186 e. The van der Waals surface area contributed by atoms with E-state index in [9.17, 15) is 20.4 Å². The molecule has 0 saturated carbocycles. The highest BCUT2D eigenvalue weighted by Crippen LogP contribution is 2.33. The Kier molecular flexibility index (Phi) is 10.5. The van der Waals surface area contributed by atoms with Crippen molar-refractivity contribution in [2.45, 2.75) is 103 Å². The van der Waals surface area contributed by atoms with Gasteiger partial charge in [0, 0.05) is 0 Å². The van der Waals surface area contributed by atoms with Gasteiger partial charge in [0.25, 0.3) is 0 Å². The van der Waals surface area contributed by atoms with Crippen molar-refractivity contribution in [2.24, 2.45) is 5.41 Å². The molecule has 25 heavy (non-hydrogen) atoms. The van der Waals surface area contributed by atoms with Gasteiger partial charge in [-0.2, -0.15) is 0 Å². The molecular formula is C19H38O6. The summed E-state index contributed by atoms with van der Waals surface area (Å²) in [6.07, 6.45) is 3.08. The van der Waals surface area contributed by atoms with Gasteiger partial charge < -0.3 is 29.9 Å². The zero-order valence-electron chi connectivity index (χ0n) is 16.1. The van der Waals surface area contributed by atoms with Crippen LogP contribution in [0, 0.1) is 5.41 Å². The average Bonchev–Trinajstić information content (AvgIpc) is 2.61. The van der Waals surface area contributed by atoms with Crippen molar-refractivity contribution >= 4 is 0 Å². The molecule has 0 aromatic rings. The second kappa shape index (κ2) is 11.5. The molecular weight excluding hydrogens is 324 g/mol. The maximum absolute atomic E-state index is 10.1. The third-order valence-electron chi connectivity index (χ3n) is 5.21. The van der Waals surface area contributed by atoms with E-state index < -0.39 is 37.3 Å². The van der Waals surface area contributed by atoms with Crippen LogP contribution >= 0.6 is 0 Å². The fraction of sp³-hybridized carbons (Fsp3) is 1.00. The van der Waals surface area contributed by atoms with E-state index in [0.717, 1.165) is 32.1 Å².